The Balaban J connectivity index is 1.61. The number of aromatic amines is 1. The lowest BCUT2D eigenvalue weighted by Gasteiger charge is -2.21. The minimum absolute atomic E-state index is 0.0148. The van der Waals surface area contributed by atoms with E-state index in [1.54, 1.807) is 23.5 Å². The monoisotopic (exact) mass is 346 g/mol. The Hall–Kier alpha value is -2.12. The van der Waals surface area contributed by atoms with Crippen LogP contribution in [0.25, 0.3) is 10.2 Å². The van der Waals surface area contributed by atoms with E-state index in [-0.39, 0.29) is 10.8 Å². The van der Waals surface area contributed by atoms with Crippen molar-refractivity contribution in [2.75, 3.05) is 0 Å². The highest BCUT2D eigenvalue weighted by Gasteiger charge is 2.33. The number of carboxylic acid groups (broad SMARTS) is 1. The van der Waals surface area contributed by atoms with Gasteiger partial charge in [0.2, 0.25) is 0 Å². The smallest absolute Gasteiger partial charge is 0.345 e. The van der Waals surface area contributed by atoms with Gasteiger partial charge in [0.25, 0.3) is 5.91 Å². The third-order valence-corrected chi connectivity index (χ3v) is 5.73. The molecule has 1 fully saturated rings. The van der Waals surface area contributed by atoms with Gasteiger partial charge >= 0.3 is 5.97 Å². The van der Waals surface area contributed by atoms with Crippen molar-refractivity contribution >= 4 is 44.8 Å². The number of carboxylic acids is 1. The first-order valence-corrected chi connectivity index (χ1v) is 9.05. The van der Waals surface area contributed by atoms with Gasteiger partial charge < -0.3 is 15.0 Å². The third kappa shape index (κ3) is 2.77. The quantitative estimate of drug-likeness (QED) is 0.738. The molecule has 1 aliphatic carbocycles. The van der Waals surface area contributed by atoms with Crippen LogP contribution in [0.3, 0.4) is 0 Å². The number of aromatic carboxylic acids is 1. The van der Waals surface area contributed by atoms with Crippen LogP contribution >= 0.6 is 22.7 Å². The van der Waals surface area contributed by atoms with E-state index in [0.29, 0.717) is 23.8 Å². The number of nitrogens with one attached hydrogen (secondary N) is 1. The molecule has 4 rings (SSSR count). The lowest BCUT2D eigenvalue weighted by Crippen LogP contribution is -2.32. The maximum absolute atomic E-state index is 12.8. The first-order valence-electron chi connectivity index (χ1n) is 7.29. The fourth-order valence-corrected chi connectivity index (χ4v) is 4.19. The third-order valence-electron chi connectivity index (χ3n) is 3.93. The van der Waals surface area contributed by atoms with Gasteiger partial charge in [-0.3, -0.25) is 4.79 Å². The highest BCUT2D eigenvalue weighted by Crippen LogP contribution is 2.32. The van der Waals surface area contributed by atoms with Crippen molar-refractivity contribution < 1.29 is 14.7 Å². The minimum Gasteiger partial charge on any atom is -0.477 e. The van der Waals surface area contributed by atoms with E-state index in [1.807, 2.05) is 16.3 Å². The summed E-state index contributed by atoms with van der Waals surface area (Å²) >= 11 is 2.82. The Morgan fingerprint density at radius 3 is 2.78 bits per heavy atom. The van der Waals surface area contributed by atoms with Crippen molar-refractivity contribution in [3.05, 3.63) is 45.1 Å². The van der Waals surface area contributed by atoms with Crippen molar-refractivity contribution in [3.63, 3.8) is 0 Å². The van der Waals surface area contributed by atoms with Crippen LogP contribution in [0.5, 0.6) is 0 Å². The van der Waals surface area contributed by atoms with Gasteiger partial charge in [-0.2, -0.15) is 11.3 Å². The molecule has 0 aliphatic heterocycles. The van der Waals surface area contributed by atoms with E-state index in [2.05, 4.69) is 10.4 Å². The summed E-state index contributed by atoms with van der Waals surface area (Å²) in [6.45, 7) is 0.625. The summed E-state index contributed by atoms with van der Waals surface area (Å²) in [4.78, 5) is 29.1. The van der Waals surface area contributed by atoms with Crippen molar-refractivity contribution in [2.24, 2.45) is 0 Å². The highest BCUT2D eigenvalue weighted by atomic mass is 32.1. The number of nitrogens with zero attached hydrogens (tertiary/aromatic N) is 1. The summed E-state index contributed by atoms with van der Waals surface area (Å²) in [5.74, 6) is -0.955. The summed E-state index contributed by atoms with van der Waals surface area (Å²) in [6, 6.07) is 5.70. The fraction of sp³-hybridized carbons (Fsp3) is 0.250. The number of carbonyl (C=O) groups excluding carboxylic acids is 1. The van der Waals surface area contributed by atoms with E-state index in [4.69, 9.17) is 5.11 Å². The standard InChI is InChI=1S/C16H14N2O3S2/c19-15(18(10-1-2-10)7-9-3-4-22-8-9)12-6-13-11(17-12)5-14(23-13)16(20)21/h3-6,8,10,17H,1-2,7H2,(H,20,21). The van der Waals surface area contributed by atoms with Crippen LogP contribution in [0.2, 0.25) is 0 Å². The molecule has 3 heterocycles. The first-order chi connectivity index (χ1) is 11.1. The maximum atomic E-state index is 12.8. The zero-order valence-corrected chi connectivity index (χ0v) is 13.7. The van der Waals surface area contributed by atoms with Crippen molar-refractivity contribution in [1.29, 1.82) is 0 Å². The average Bonchev–Trinajstić information content (AvgIpc) is 2.94. The number of amides is 1. The predicted molar refractivity (Wildman–Crippen MR) is 90.3 cm³/mol. The van der Waals surface area contributed by atoms with E-state index in [1.165, 1.54) is 11.3 Å². The molecule has 1 aliphatic rings. The molecule has 3 aromatic rings. The Morgan fingerprint density at radius 2 is 2.17 bits per heavy atom. The minimum atomic E-state index is -0.940. The molecule has 7 heteroatoms. The molecule has 3 aromatic heterocycles. The molecule has 0 atom stereocenters. The molecule has 2 N–H and O–H groups in total. The van der Waals surface area contributed by atoms with Gasteiger partial charge in [0.05, 0.1) is 10.2 Å². The molecule has 0 spiro atoms. The fourth-order valence-electron chi connectivity index (χ4n) is 2.63. The molecule has 118 valence electrons. The van der Waals surface area contributed by atoms with Gasteiger partial charge in [-0.15, -0.1) is 11.3 Å². The molecule has 23 heavy (non-hydrogen) atoms. The van der Waals surface area contributed by atoms with E-state index in [9.17, 15) is 9.59 Å². The van der Waals surface area contributed by atoms with Gasteiger partial charge in [0, 0.05) is 12.6 Å². The number of hydrogen-bond acceptors (Lipinski definition) is 4. The lowest BCUT2D eigenvalue weighted by molar-refractivity contribution is 0.0699. The summed E-state index contributed by atoms with van der Waals surface area (Å²) < 4.78 is 0.803. The number of H-pyrrole nitrogens is 1. The molecule has 1 saturated carbocycles. The maximum Gasteiger partial charge on any atom is 0.345 e. The lowest BCUT2D eigenvalue weighted by atomic mass is 10.2. The number of hydrogen-bond donors (Lipinski definition) is 2. The van der Waals surface area contributed by atoms with Crippen molar-refractivity contribution in [3.8, 4) is 0 Å². The molecule has 5 nitrogen and oxygen atoms in total. The van der Waals surface area contributed by atoms with Crippen LogP contribution in [0.4, 0.5) is 0 Å². The molecule has 0 aromatic carbocycles. The Labute approximate surface area is 140 Å². The number of thiophene rings is 2. The van der Waals surface area contributed by atoms with Crippen LogP contribution in [0.1, 0.15) is 38.6 Å². The predicted octanol–water partition coefficient (Wildman–Crippen LogP) is 3.79. The molecular formula is C16H14N2O3S2. The number of rotatable bonds is 5. The van der Waals surface area contributed by atoms with E-state index in [0.717, 1.165) is 23.1 Å². The molecular weight excluding hydrogens is 332 g/mol. The molecule has 0 bridgehead atoms. The summed E-state index contributed by atoms with van der Waals surface area (Å²) in [6.07, 6.45) is 2.10. The summed E-state index contributed by atoms with van der Waals surface area (Å²) in [7, 11) is 0. The summed E-state index contributed by atoms with van der Waals surface area (Å²) in [5.41, 5.74) is 2.39. The van der Waals surface area contributed by atoms with E-state index >= 15 is 0 Å². The number of aromatic nitrogens is 1. The average molecular weight is 346 g/mol. The Bertz CT molecular complexity index is 843. The number of fused-ring (bicyclic) bond motifs is 1. The second kappa shape index (κ2) is 5.50. The van der Waals surface area contributed by atoms with Crippen LogP contribution in [0.15, 0.2) is 29.0 Å². The Kier molecular flexibility index (Phi) is 3.46. The number of carbonyl (C=O) groups is 2. The van der Waals surface area contributed by atoms with Gasteiger partial charge in [-0.25, -0.2) is 4.79 Å². The van der Waals surface area contributed by atoms with Crippen LogP contribution in [-0.2, 0) is 6.54 Å². The first kappa shape index (κ1) is 14.5. The zero-order valence-electron chi connectivity index (χ0n) is 12.1. The largest absolute Gasteiger partial charge is 0.477 e. The van der Waals surface area contributed by atoms with Gasteiger partial charge in [0.15, 0.2) is 0 Å². The van der Waals surface area contributed by atoms with Crippen LogP contribution in [0, 0.1) is 0 Å². The topological polar surface area (TPSA) is 73.4 Å². The molecule has 0 unspecified atom stereocenters. The molecule has 0 radical (unpaired) electrons. The van der Waals surface area contributed by atoms with Crippen LogP contribution in [-0.4, -0.2) is 32.9 Å². The second-order valence-corrected chi connectivity index (χ2v) is 7.54. The van der Waals surface area contributed by atoms with Gasteiger partial charge in [-0.1, -0.05) is 0 Å². The van der Waals surface area contributed by atoms with E-state index < -0.39 is 5.97 Å². The van der Waals surface area contributed by atoms with Crippen molar-refractivity contribution in [1.82, 2.24) is 9.88 Å². The van der Waals surface area contributed by atoms with Gasteiger partial charge in [-0.05, 0) is 47.4 Å². The molecule has 1 amide bonds. The highest BCUT2D eigenvalue weighted by molar-refractivity contribution is 7.20. The molecule has 0 saturated heterocycles. The summed E-state index contributed by atoms with van der Waals surface area (Å²) in [5, 5.41) is 13.1. The second-order valence-electron chi connectivity index (χ2n) is 5.67. The van der Waals surface area contributed by atoms with Crippen LogP contribution < -0.4 is 0 Å². The van der Waals surface area contributed by atoms with Gasteiger partial charge in [0.1, 0.15) is 10.6 Å². The Morgan fingerprint density at radius 1 is 1.35 bits per heavy atom. The van der Waals surface area contributed by atoms with Crippen molar-refractivity contribution in [2.45, 2.75) is 25.4 Å². The normalized spacial score (nSPS) is 14.3. The SMILES string of the molecule is O=C(O)c1cc2[nH]c(C(=O)N(Cc3ccsc3)C3CC3)cc2s1. The zero-order chi connectivity index (χ0) is 16.0.